The first kappa shape index (κ1) is 9.02. The van der Waals surface area contributed by atoms with Crippen LogP contribution in [0.4, 0.5) is 5.95 Å². The van der Waals surface area contributed by atoms with Gasteiger partial charge in [-0.1, -0.05) is 0 Å². The highest BCUT2D eigenvalue weighted by molar-refractivity contribution is 5.20. The highest BCUT2D eigenvalue weighted by atomic mass is 16.5. The quantitative estimate of drug-likeness (QED) is 0.785. The second-order valence-electron chi connectivity index (χ2n) is 6.16. The van der Waals surface area contributed by atoms with E-state index in [4.69, 9.17) is 10.3 Å². The van der Waals surface area contributed by atoms with Gasteiger partial charge in [0.15, 0.2) is 0 Å². The van der Waals surface area contributed by atoms with Crippen molar-refractivity contribution in [3.63, 3.8) is 0 Å². The van der Waals surface area contributed by atoms with Crippen LogP contribution in [0, 0.1) is 17.8 Å². The maximum atomic E-state index is 5.58. The zero-order chi connectivity index (χ0) is 10.8. The number of hydrogen-bond acceptors (Lipinski definition) is 4. The molecule has 16 heavy (non-hydrogen) atoms. The number of aromatic nitrogens is 2. The van der Waals surface area contributed by atoms with Gasteiger partial charge >= 0.3 is 0 Å². The number of hydrogen-bond donors (Lipinski definition) is 1. The molecule has 1 heterocycles. The van der Waals surface area contributed by atoms with E-state index in [1.807, 2.05) is 0 Å². The molecule has 4 aliphatic rings. The van der Waals surface area contributed by atoms with Gasteiger partial charge in [0.1, 0.15) is 0 Å². The van der Waals surface area contributed by atoms with Crippen molar-refractivity contribution in [1.29, 1.82) is 0 Å². The van der Waals surface area contributed by atoms with E-state index in [2.05, 4.69) is 10.1 Å². The predicted molar refractivity (Wildman–Crippen MR) is 58.6 cm³/mol. The monoisotopic (exact) mass is 219 g/mol. The van der Waals surface area contributed by atoms with Crippen molar-refractivity contribution in [2.45, 2.75) is 43.9 Å². The van der Waals surface area contributed by atoms with Crippen LogP contribution in [-0.2, 0) is 5.41 Å². The third-order valence-electron chi connectivity index (χ3n) is 4.93. The van der Waals surface area contributed by atoms with E-state index < -0.39 is 0 Å². The fourth-order valence-electron chi connectivity index (χ4n) is 4.82. The molecule has 4 aliphatic carbocycles. The lowest BCUT2D eigenvalue weighted by molar-refractivity contribution is -0.0201. The predicted octanol–water partition coefficient (Wildman–Crippen LogP) is 2.12. The Morgan fingerprint density at radius 2 is 1.62 bits per heavy atom. The molecule has 4 heteroatoms. The topological polar surface area (TPSA) is 64.9 Å². The van der Waals surface area contributed by atoms with Crippen LogP contribution < -0.4 is 5.73 Å². The summed E-state index contributed by atoms with van der Waals surface area (Å²) in [7, 11) is 0. The van der Waals surface area contributed by atoms with Crippen molar-refractivity contribution < 1.29 is 4.52 Å². The van der Waals surface area contributed by atoms with Crippen molar-refractivity contribution in [2.75, 3.05) is 5.73 Å². The average molecular weight is 219 g/mol. The molecule has 86 valence electrons. The van der Waals surface area contributed by atoms with Gasteiger partial charge in [-0.2, -0.15) is 4.98 Å². The van der Waals surface area contributed by atoms with Gasteiger partial charge < -0.3 is 10.3 Å². The summed E-state index contributed by atoms with van der Waals surface area (Å²) in [6.07, 6.45) is 8.05. The zero-order valence-corrected chi connectivity index (χ0v) is 9.35. The number of rotatable bonds is 1. The molecule has 5 rings (SSSR count). The molecule has 1 aromatic heterocycles. The third kappa shape index (κ3) is 1.10. The normalized spacial score (nSPS) is 45.1. The highest BCUT2D eigenvalue weighted by Crippen LogP contribution is 2.60. The van der Waals surface area contributed by atoms with Crippen molar-refractivity contribution in [2.24, 2.45) is 17.8 Å². The second-order valence-corrected chi connectivity index (χ2v) is 6.16. The van der Waals surface area contributed by atoms with Gasteiger partial charge in [-0.05, 0) is 61.4 Å². The van der Waals surface area contributed by atoms with Gasteiger partial charge in [0.2, 0.25) is 5.89 Å². The molecule has 0 aromatic carbocycles. The molecule has 4 nitrogen and oxygen atoms in total. The Kier molecular flexibility index (Phi) is 1.57. The summed E-state index contributed by atoms with van der Waals surface area (Å²) in [6.45, 7) is 0. The first-order chi connectivity index (χ1) is 7.73. The molecular formula is C12H17N3O. The van der Waals surface area contributed by atoms with Gasteiger partial charge in [0, 0.05) is 0 Å². The standard InChI is InChI=1S/C12H17N3O/c13-11-14-10(16-15-11)12-4-7-1-8(5-12)3-9(2-7)6-12/h7-9H,1-6H2,(H2,13,15). The lowest BCUT2D eigenvalue weighted by Crippen LogP contribution is -2.48. The van der Waals surface area contributed by atoms with Crippen LogP contribution in [0.2, 0.25) is 0 Å². The van der Waals surface area contributed by atoms with E-state index in [1.54, 1.807) is 0 Å². The summed E-state index contributed by atoms with van der Waals surface area (Å²) in [5, 5.41) is 3.77. The molecule has 1 aromatic rings. The van der Waals surface area contributed by atoms with Gasteiger partial charge in [0.25, 0.3) is 5.95 Å². The Labute approximate surface area is 94.6 Å². The average Bonchev–Trinajstić information content (AvgIpc) is 2.63. The van der Waals surface area contributed by atoms with Crippen LogP contribution in [0.25, 0.3) is 0 Å². The Balaban J connectivity index is 1.76. The summed E-state index contributed by atoms with van der Waals surface area (Å²) < 4.78 is 5.36. The van der Waals surface area contributed by atoms with Crippen molar-refractivity contribution >= 4 is 5.95 Å². The number of nitrogens with zero attached hydrogens (tertiary/aromatic N) is 2. The van der Waals surface area contributed by atoms with Crippen molar-refractivity contribution in [3.05, 3.63) is 5.89 Å². The summed E-state index contributed by atoms with van der Waals surface area (Å²) in [4.78, 5) is 4.30. The minimum atomic E-state index is 0.194. The Bertz CT molecular complexity index is 390. The van der Waals surface area contributed by atoms with Crippen LogP contribution in [0.5, 0.6) is 0 Å². The molecule has 0 amide bonds. The van der Waals surface area contributed by atoms with Crippen LogP contribution in [-0.4, -0.2) is 10.1 Å². The van der Waals surface area contributed by atoms with E-state index in [1.165, 1.54) is 38.5 Å². The Morgan fingerprint density at radius 1 is 1.06 bits per heavy atom. The van der Waals surface area contributed by atoms with Gasteiger partial charge in [-0.15, -0.1) is 0 Å². The van der Waals surface area contributed by atoms with E-state index in [-0.39, 0.29) is 5.41 Å². The Morgan fingerprint density at radius 3 is 2.06 bits per heavy atom. The molecule has 2 N–H and O–H groups in total. The Hall–Kier alpha value is -1.06. The first-order valence-corrected chi connectivity index (χ1v) is 6.33. The molecule has 0 aliphatic heterocycles. The van der Waals surface area contributed by atoms with Crippen molar-refractivity contribution in [1.82, 2.24) is 10.1 Å². The molecule has 0 saturated heterocycles. The van der Waals surface area contributed by atoms with Crippen LogP contribution in [0.1, 0.15) is 44.4 Å². The third-order valence-corrected chi connectivity index (χ3v) is 4.93. The molecule has 0 unspecified atom stereocenters. The van der Waals surface area contributed by atoms with Gasteiger partial charge in [0.05, 0.1) is 5.41 Å². The van der Waals surface area contributed by atoms with Crippen LogP contribution in [0.15, 0.2) is 4.52 Å². The van der Waals surface area contributed by atoms with Gasteiger partial charge in [-0.25, -0.2) is 0 Å². The molecule has 0 radical (unpaired) electrons. The molecule has 4 fully saturated rings. The minimum absolute atomic E-state index is 0.194. The van der Waals surface area contributed by atoms with E-state index in [9.17, 15) is 0 Å². The number of anilines is 1. The van der Waals surface area contributed by atoms with Crippen LogP contribution in [0.3, 0.4) is 0 Å². The minimum Gasteiger partial charge on any atom is -0.365 e. The second kappa shape index (κ2) is 2.79. The lowest BCUT2D eigenvalue weighted by atomic mass is 9.49. The smallest absolute Gasteiger partial charge is 0.260 e. The SMILES string of the molecule is Nc1noc(C23CC4CC(CC(C4)C2)C3)n1. The summed E-state index contributed by atoms with van der Waals surface area (Å²) in [6, 6.07) is 0. The van der Waals surface area contributed by atoms with E-state index in [0.29, 0.717) is 5.95 Å². The fraction of sp³-hybridized carbons (Fsp3) is 0.833. The summed E-state index contributed by atoms with van der Waals surface area (Å²) in [5.74, 6) is 3.83. The largest absolute Gasteiger partial charge is 0.365 e. The maximum Gasteiger partial charge on any atom is 0.260 e. The molecule has 4 bridgehead atoms. The molecule has 4 saturated carbocycles. The first-order valence-electron chi connectivity index (χ1n) is 6.33. The lowest BCUT2D eigenvalue weighted by Gasteiger charge is -2.55. The molecular weight excluding hydrogens is 202 g/mol. The molecule has 0 spiro atoms. The van der Waals surface area contributed by atoms with Gasteiger partial charge in [-0.3, -0.25) is 0 Å². The zero-order valence-electron chi connectivity index (χ0n) is 9.35. The summed E-state index contributed by atoms with van der Waals surface area (Å²) >= 11 is 0. The molecule has 0 atom stereocenters. The highest BCUT2D eigenvalue weighted by Gasteiger charge is 2.54. The fourth-order valence-corrected chi connectivity index (χ4v) is 4.82. The van der Waals surface area contributed by atoms with Crippen molar-refractivity contribution in [3.8, 4) is 0 Å². The van der Waals surface area contributed by atoms with Crippen LogP contribution >= 0.6 is 0 Å². The van der Waals surface area contributed by atoms with E-state index in [0.717, 1.165) is 23.6 Å². The summed E-state index contributed by atoms with van der Waals surface area (Å²) in [5.41, 5.74) is 5.78. The maximum absolute atomic E-state index is 5.58. The number of nitrogen functional groups attached to an aromatic ring is 1. The number of nitrogens with two attached hydrogens (primary N) is 1. The van der Waals surface area contributed by atoms with E-state index >= 15 is 0 Å².